The van der Waals surface area contributed by atoms with Gasteiger partial charge in [0, 0.05) is 6.04 Å². The third-order valence-corrected chi connectivity index (χ3v) is 4.02. The molecule has 2 rings (SSSR count). The van der Waals surface area contributed by atoms with E-state index in [0.717, 1.165) is 5.56 Å². The summed E-state index contributed by atoms with van der Waals surface area (Å²) in [6.07, 6.45) is 0.446. The molecule has 1 unspecified atom stereocenters. The van der Waals surface area contributed by atoms with Crippen molar-refractivity contribution in [2.75, 3.05) is 24.4 Å². The molecule has 8 nitrogen and oxygen atoms in total. The Morgan fingerprint density at radius 2 is 1.96 bits per heavy atom. The Kier molecular flexibility index (Phi) is 6.46. The van der Waals surface area contributed by atoms with E-state index in [1.165, 1.54) is 24.1 Å². The Bertz CT molecular complexity index is 874. The van der Waals surface area contributed by atoms with Crippen molar-refractivity contribution in [1.29, 1.82) is 5.26 Å². The van der Waals surface area contributed by atoms with Crippen molar-refractivity contribution in [2.45, 2.75) is 19.4 Å². The van der Waals surface area contributed by atoms with Gasteiger partial charge in [-0.3, -0.25) is 9.69 Å². The van der Waals surface area contributed by atoms with Crippen molar-refractivity contribution >= 4 is 23.4 Å². The fraction of sp³-hybridized carbons (Fsp3) is 0.263. The van der Waals surface area contributed by atoms with Gasteiger partial charge in [-0.05, 0) is 43.2 Å². The van der Waals surface area contributed by atoms with Crippen LogP contribution in [0.2, 0.25) is 0 Å². The topological polar surface area (TPSA) is 130 Å². The predicted octanol–water partition coefficient (Wildman–Crippen LogP) is 1.28. The zero-order valence-electron chi connectivity index (χ0n) is 15.0. The Balaban J connectivity index is 2.28. The second-order valence-electron chi connectivity index (χ2n) is 5.88. The maximum Gasteiger partial charge on any atom is 0.337 e. The Hall–Kier alpha value is -3.44. The summed E-state index contributed by atoms with van der Waals surface area (Å²) in [7, 11) is 1.31. The number of benzene rings is 1. The number of aromatic nitrogens is 1. The zero-order valence-corrected chi connectivity index (χ0v) is 15.0. The molecule has 1 aromatic heterocycles. The molecule has 0 aliphatic carbocycles. The Morgan fingerprint density at radius 1 is 1.30 bits per heavy atom. The van der Waals surface area contributed by atoms with Gasteiger partial charge < -0.3 is 15.6 Å². The molecular weight excluding hydrogens is 348 g/mol. The highest BCUT2D eigenvalue weighted by molar-refractivity contribution is 5.94. The van der Waals surface area contributed by atoms with Crippen molar-refractivity contribution in [3.8, 4) is 6.07 Å². The molecule has 0 bridgehead atoms. The van der Waals surface area contributed by atoms with Crippen LogP contribution in [0, 0.1) is 11.3 Å². The lowest BCUT2D eigenvalue weighted by molar-refractivity contribution is -0.121. The molecule has 3 N–H and O–H groups in total. The van der Waals surface area contributed by atoms with Gasteiger partial charge in [0.25, 0.3) is 5.91 Å². The summed E-state index contributed by atoms with van der Waals surface area (Å²) in [4.78, 5) is 29.2. The number of hydrogen-bond donors (Lipinski definition) is 2. The quantitative estimate of drug-likeness (QED) is 0.735. The smallest absolute Gasteiger partial charge is 0.337 e. The minimum absolute atomic E-state index is 0.0119. The second-order valence-corrected chi connectivity index (χ2v) is 5.88. The van der Waals surface area contributed by atoms with Crippen LogP contribution in [0.1, 0.15) is 28.5 Å². The van der Waals surface area contributed by atoms with Crippen LogP contribution in [-0.2, 0) is 16.0 Å². The number of carbonyl (C=O) groups is 2. The number of aliphatic hydroxyl groups is 1. The summed E-state index contributed by atoms with van der Waals surface area (Å²) in [5.74, 6) is -0.741. The molecule has 0 saturated heterocycles. The van der Waals surface area contributed by atoms with Gasteiger partial charge in [-0.25, -0.2) is 9.78 Å². The number of pyridine rings is 1. The Morgan fingerprint density at radius 3 is 2.52 bits per heavy atom. The monoisotopic (exact) mass is 368 g/mol. The number of esters is 1. The SMILES string of the molecule is COC(=O)c1ccc(CC(C)N(C(=O)CO)c2ccc(N)c(C#N)n2)cc1. The molecule has 0 aliphatic heterocycles. The van der Waals surface area contributed by atoms with Crippen LogP contribution in [0.15, 0.2) is 36.4 Å². The first-order valence-electron chi connectivity index (χ1n) is 8.18. The maximum absolute atomic E-state index is 12.3. The molecule has 0 saturated carbocycles. The highest BCUT2D eigenvalue weighted by atomic mass is 16.5. The average molecular weight is 368 g/mol. The fourth-order valence-electron chi connectivity index (χ4n) is 2.69. The van der Waals surface area contributed by atoms with Gasteiger partial charge in [0.2, 0.25) is 0 Å². The predicted molar refractivity (Wildman–Crippen MR) is 98.9 cm³/mol. The van der Waals surface area contributed by atoms with E-state index in [9.17, 15) is 14.7 Å². The molecule has 27 heavy (non-hydrogen) atoms. The first kappa shape index (κ1) is 19.9. The van der Waals surface area contributed by atoms with Gasteiger partial charge in [-0.15, -0.1) is 0 Å². The largest absolute Gasteiger partial charge is 0.465 e. The third-order valence-electron chi connectivity index (χ3n) is 4.02. The molecule has 0 spiro atoms. The normalized spacial score (nSPS) is 11.3. The van der Waals surface area contributed by atoms with Crippen LogP contribution < -0.4 is 10.6 Å². The molecule has 2 aromatic rings. The third kappa shape index (κ3) is 4.59. The lowest BCUT2D eigenvalue weighted by atomic mass is 10.0. The van der Waals surface area contributed by atoms with E-state index in [-0.39, 0.29) is 23.2 Å². The molecule has 1 aromatic carbocycles. The highest BCUT2D eigenvalue weighted by Gasteiger charge is 2.23. The summed E-state index contributed by atoms with van der Waals surface area (Å²) < 4.78 is 4.67. The summed E-state index contributed by atoms with van der Waals surface area (Å²) in [5.41, 5.74) is 7.21. The first-order chi connectivity index (χ1) is 12.9. The van der Waals surface area contributed by atoms with Crippen LogP contribution in [0.5, 0.6) is 0 Å². The molecule has 1 amide bonds. The van der Waals surface area contributed by atoms with Gasteiger partial charge in [0.1, 0.15) is 18.5 Å². The van der Waals surface area contributed by atoms with Gasteiger partial charge >= 0.3 is 5.97 Å². The molecule has 1 heterocycles. The number of hydrogen-bond acceptors (Lipinski definition) is 7. The highest BCUT2D eigenvalue weighted by Crippen LogP contribution is 2.21. The second kappa shape index (κ2) is 8.78. The van der Waals surface area contributed by atoms with Crippen LogP contribution >= 0.6 is 0 Å². The average Bonchev–Trinajstić information content (AvgIpc) is 2.69. The van der Waals surface area contributed by atoms with Gasteiger partial charge in [0.05, 0.1) is 18.4 Å². The number of nitrogen functional groups attached to an aromatic ring is 1. The molecule has 0 fully saturated rings. The molecule has 1 atom stereocenters. The maximum atomic E-state index is 12.3. The van der Waals surface area contributed by atoms with Crippen LogP contribution in [0.25, 0.3) is 0 Å². The fourth-order valence-corrected chi connectivity index (χ4v) is 2.69. The Labute approximate surface area is 156 Å². The van der Waals surface area contributed by atoms with E-state index in [0.29, 0.717) is 12.0 Å². The number of carbonyl (C=O) groups excluding carboxylic acids is 2. The van der Waals surface area contributed by atoms with E-state index in [4.69, 9.17) is 11.0 Å². The number of amides is 1. The van der Waals surface area contributed by atoms with E-state index in [1.54, 1.807) is 31.2 Å². The first-order valence-corrected chi connectivity index (χ1v) is 8.18. The van der Waals surface area contributed by atoms with Gasteiger partial charge in [-0.1, -0.05) is 12.1 Å². The van der Waals surface area contributed by atoms with E-state index in [2.05, 4.69) is 9.72 Å². The molecule has 8 heteroatoms. The number of nitriles is 1. The van der Waals surface area contributed by atoms with Crippen molar-refractivity contribution < 1.29 is 19.4 Å². The standard InChI is InChI=1S/C19H20N4O4/c1-12(9-13-3-5-14(6-4-13)19(26)27-2)23(18(25)11-24)17-8-7-15(21)16(10-20)22-17/h3-8,12,24H,9,11,21H2,1-2H3. The van der Waals surface area contributed by atoms with E-state index in [1.807, 2.05) is 6.07 Å². The summed E-state index contributed by atoms with van der Waals surface area (Å²) in [6, 6.07) is 11.3. The van der Waals surface area contributed by atoms with Gasteiger partial charge in [0.15, 0.2) is 5.69 Å². The molecular formula is C19H20N4O4. The van der Waals surface area contributed by atoms with Crippen LogP contribution in [0.3, 0.4) is 0 Å². The van der Waals surface area contributed by atoms with Gasteiger partial charge in [-0.2, -0.15) is 5.26 Å². The van der Waals surface area contributed by atoms with Crippen LogP contribution in [-0.4, -0.2) is 41.7 Å². The zero-order chi connectivity index (χ0) is 20.0. The summed E-state index contributed by atoms with van der Waals surface area (Å²) in [6.45, 7) is 1.10. The minimum Gasteiger partial charge on any atom is -0.465 e. The lowest BCUT2D eigenvalue weighted by Crippen LogP contribution is -2.42. The van der Waals surface area contributed by atoms with Crippen molar-refractivity contribution in [1.82, 2.24) is 4.98 Å². The number of anilines is 2. The van der Waals surface area contributed by atoms with E-state index >= 15 is 0 Å². The molecule has 0 aliphatic rings. The lowest BCUT2D eigenvalue weighted by Gasteiger charge is -2.28. The summed E-state index contributed by atoms with van der Waals surface area (Å²) in [5, 5.41) is 18.4. The number of methoxy groups -OCH3 is 1. The van der Waals surface area contributed by atoms with E-state index < -0.39 is 18.5 Å². The number of rotatable bonds is 6. The van der Waals surface area contributed by atoms with Crippen molar-refractivity contribution in [3.05, 3.63) is 53.2 Å². The van der Waals surface area contributed by atoms with Crippen molar-refractivity contribution in [3.63, 3.8) is 0 Å². The minimum atomic E-state index is -0.695. The molecule has 140 valence electrons. The summed E-state index contributed by atoms with van der Waals surface area (Å²) >= 11 is 0. The number of aliphatic hydroxyl groups excluding tert-OH is 1. The van der Waals surface area contributed by atoms with Crippen molar-refractivity contribution in [2.24, 2.45) is 0 Å². The number of nitrogens with two attached hydrogens (primary N) is 1. The van der Waals surface area contributed by atoms with Crippen LogP contribution in [0.4, 0.5) is 11.5 Å². The molecule has 0 radical (unpaired) electrons. The number of ether oxygens (including phenoxy) is 1. The number of nitrogens with zero attached hydrogens (tertiary/aromatic N) is 3.